The molecule has 0 bridgehead atoms. The smallest absolute Gasteiger partial charge is 0.0973 e. The van der Waals surface area contributed by atoms with Crippen molar-refractivity contribution in [2.24, 2.45) is 11.8 Å². The third-order valence-electron chi connectivity index (χ3n) is 3.63. The van der Waals surface area contributed by atoms with E-state index >= 15 is 0 Å². The normalized spacial score (nSPS) is 34.5. The second-order valence-electron chi connectivity index (χ2n) is 4.38. The zero-order valence-corrected chi connectivity index (χ0v) is 9.57. The van der Waals surface area contributed by atoms with Crippen molar-refractivity contribution < 1.29 is 0 Å². The summed E-state index contributed by atoms with van der Waals surface area (Å²) in [6, 6.07) is 2.93. The molecule has 0 amide bonds. The maximum absolute atomic E-state index is 6.04. The van der Waals surface area contributed by atoms with Crippen LogP contribution in [0.15, 0.2) is 11.4 Å². The molecule has 1 heterocycles. The summed E-state index contributed by atoms with van der Waals surface area (Å²) in [7, 11) is 0. The van der Waals surface area contributed by atoms with Crippen LogP contribution < -0.4 is 5.32 Å². The summed E-state index contributed by atoms with van der Waals surface area (Å²) in [6.07, 6.45) is 4.34. The van der Waals surface area contributed by atoms with Crippen molar-refractivity contribution >= 4 is 22.9 Å². The zero-order valence-electron chi connectivity index (χ0n) is 8.00. The maximum atomic E-state index is 6.04. The van der Waals surface area contributed by atoms with E-state index in [2.05, 4.69) is 16.8 Å². The summed E-state index contributed by atoms with van der Waals surface area (Å²) >= 11 is 7.67. The van der Waals surface area contributed by atoms with Gasteiger partial charge < -0.3 is 5.32 Å². The number of thiophene rings is 1. The first-order valence-electron chi connectivity index (χ1n) is 5.31. The van der Waals surface area contributed by atoms with Gasteiger partial charge in [0.05, 0.1) is 4.34 Å². The van der Waals surface area contributed by atoms with Crippen molar-refractivity contribution in [2.75, 3.05) is 0 Å². The van der Waals surface area contributed by atoms with E-state index in [-0.39, 0.29) is 0 Å². The molecule has 2 atom stereocenters. The SMILES string of the molecule is Clc1sccc1CNC1C2CCCC21. The Morgan fingerprint density at radius 1 is 1.43 bits per heavy atom. The fourth-order valence-corrected chi connectivity index (χ4v) is 3.73. The number of fused-ring (bicyclic) bond motifs is 1. The van der Waals surface area contributed by atoms with Crippen molar-refractivity contribution in [2.45, 2.75) is 31.8 Å². The molecule has 0 radical (unpaired) electrons. The molecular weight excluding hydrogens is 214 g/mol. The summed E-state index contributed by atoms with van der Waals surface area (Å²) < 4.78 is 0.948. The first-order valence-corrected chi connectivity index (χ1v) is 6.57. The van der Waals surface area contributed by atoms with Gasteiger partial charge in [-0.25, -0.2) is 0 Å². The van der Waals surface area contributed by atoms with Crippen LogP contribution in [0.4, 0.5) is 0 Å². The predicted molar refractivity (Wildman–Crippen MR) is 60.8 cm³/mol. The molecule has 0 aromatic carbocycles. The summed E-state index contributed by atoms with van der Waals surface area (Å²) in [5.74, 6) is 1.99. The van der Waals surface area contributed by atoms with Gasteiger partial charge in [0.1, 0.15) is 0 Å². The molecule has 3 rings (SSSR count). The molecule has 0 spiro atoms. The Hall–Kier alpha value is -0.0500. The van der Waals surface area contributed by atoms with Gasteiger partial charge >= 0.3 is 0 Å². The fourth-order valence-electron chi connectivity index (χ4n) is 2.80. The lowest BCUT2D eigenvalue weighted by Crippen LogP contribution is -2.19. The topological polar surface area (TPSA) is 12.0 Å². The van der Waals surface area contributed by atoms with Crippen molar-refractivity contribution in [3.8, 4) is 0 Å². The molecule has 0 saturated heterocycles. The highest BCUT2D eigenvalue weighted by Crippen LogP contribution is 2.51. The molecule has 0 aliphatic heterocycles. The lowest BCUT2D eigenvalue weighted by atomic mass is 10.2. The van der Waals surface area contributed by atoms with Crippen molar-refractivity contribution in [3.63, 3.8) is 0 Å². The minimum Gasteiger partial charge on any atom is -0.309 e. The molecule has 2 fully saturated rings. The third-order valence-corrected chi connectivity index (χ3v) is 4.88. The van der Waals surface area contributed by atoms with Crippen LogP contribution in [0.25, 0.3) is 0 Å². The minimum atomic E-state index is 0.805. The standard InChI is InChI=1S/C11H14ClNS/c12-11-7(4-5-14-11)6-13-10-8-2-1-3-9(8)10/h4-5,8-10,13H,1-3,6H2. The Morgan fingerprint density at radius 3 is 2.86 bits per heavy atom. The average molecular weight is 228 g/mol. The second kappa shape index (κ2) is 3.51. The molecule has 2 unspecified atom stereocenters. The van der Waals surface area contributed by atoms with Gasteiger partial charge in [0.15, 0.2) is 0 Å². The number of halogens is 1. The van der Waals surface area contributed by atoms with Gasteiger partial charge in [-0.3, -0.25) is 0 Å². The van der Waals surface area contributed by atoms with Crippen molar-refractivity contribution in [1.82, 2.24) is 5.32 Å². The lowest BCUT2D eigenvalue weighted by Gasteiger charge is -2.05. The van der Waals surface area contributed by atoms with Gasteiger partial charge in [-0.15, -0.1) is 11.3 Å². The highest BCUT2D eigenvalue weighted by atomic mass is 35.5. The molecule has 76 valence electrons. The summed E-state index contributed by atoms with van der Waals surface area (Å²) in [4.78, 5) is 0. The van der Waals surface area contributed by atoms with Crippen LogP contribution in [0.2, 0.25) is 4.34 Å². The summed E-state index contributed by atoms with van der Waals surface area (Å²) in [5.41, 5.74) is 1.27. The van der Waals surface area contributed by atoms with Gasteiger partial charge in [-0.1, -0.05) is 18.0 Å². The second-order valence-corrected chi connectivity index (χ2v) is 5.90. The Morgan fingerprint density at radius 2 is 2.21 bits per heavy atom. The zero-order chi connectivity index (χ0) is 9.54. The van der Waals surface area contributed by atoms with E-state index in [4.69, 9.17) is 11.6 Å². The summed E-state index contributed by atoms with van der Waals surface area (Å²) in [5, 5.41) is 5.69. The molecule has 1 aromatic heterocycles. The average Bonchev–Trinajstić information content (AvgIpc) is 2.57. The van der Waals surface area contributed by atoms with Crippen molar-refractivity contribution in [3.05, 3.63) is 21.3 Å². The van der Waals surface area contributed by atoms with Crippen LogP contribution in [0, 0.1) is 11.8 Å². The van der Waals surface area contributed by atoms with E-state index in [1.54, 1.807) is 11.3 Å². The molecule has 3 heteroatoms. The van der Waals surface area contributed by atoms with E-state index in [9.17, 15) is 0 Å². The van der Waals surface area contributed by atoms with E-state index in [0.717, 1.165) is 28.8 Å². The van der Waals surface area contributed by atoms with Gasteiger partial charge in [0.2, 0.25) is 0 Å². The number of rotatable bonds is 3. The first-order chi connectivity index (χ1) is 6.86. The number of hydrogen-bond donors (Lipinski definition) is 1. The van der Waals surface area contributed by atoms with Gasteiger partial charge in [-0.2, -0.15) is 0 Å². The van der Waals surface area contributed by atoms with E-state index in [1.807, 2.05) is 0 Å². The maximum Gasteiger partial charge on any atom is 0.0973 e. The van der Waals surface area contributed by atoms with Gasteiger partial charge in [0.25, 0.3) is 0 Å². The Balaban J connectivity index is 1.54. The third kappa shape index (κ3) is 1.50. The molecule has 1 N–H and O–H groups in total. The Bertz CT molecular complexity index is 326. The molecule has 1 aromatic rings. The Labute approximate surface area is 93.5 Å². The van der Waals surface area contributed by atoms with Crippen LogP contribution in [0.3, 0.4) is 0 Å². The number of nitrogens with one attached hydrogen (secondary N) is 1. The largest absolute Gasteiger partial charge is 0.309 e. The van der Waals surface area contributed by atoms with Gasteiger partial charge in [-0.05, 0) is 41.7 Å². The monoisotopic (exact) mass is 227 g/mol. The highest BCUT2D eigenvalue weighted by molar-refractivity contribution is 7.14. The first kappa shape index (κ1) is 9.20. The molecule has 14 heavy (non-hydrogen) atoms. The minimum absolute atomic E-state index is 0.805. The van der Waals surface area contributed by atoms with Crippen LogP contribution in [0.1, 0.15) is 24.8 Å². The summed E-state index contributed by atoms with van der Waals surface area (Å²) in [6.45, 7) is 0.958. The van der Waals surface area contributed by atoms with E-state index in [0.29, 0.717) is 0 Å². The molecule has 2 aliphatic carbocycles. The Kier molecular flexibility index (Phi) is 2.31. The lowest BCUT2D eigenvalue weighted by molar-refractivity contribution is 0.561. The molecule has 2 aliphatic rings. The predicted octanol–water partition coefficient (Wildman–Crippen LogP) is 3.29. The molecule has 1 nitrogen and oxygen atoms in total. The number of hydrogen-bond acceptors (Lipinski definition) is 2. The van der Waals surface area contributed by atoms with Crippen LogP contribution in [0.5, 0.6) is 0 Å². The van der Waals surface area contributed by atoms with Crippen LogP contribution in [-0.2, 0) is 6.54 Å². The van der Waals surface area contributed by atoms with Gasteiger partial charge in [0, 0.05) is 12.6 Å². The van der Waals surface area contributed by atoms with E-state index in [1.165, 1.54) is 24.8 Å². The van der Waals surface area contributed by atoms with E-state index < -0.39 is 0 Å². The van der Waals surface area contributed by atoms with Crippen LogP contribution >= 0.6 is 22.9 Å². The molecule has 2 saturated carbocycles. The highest BCUT2D eigenvalue weighted by Gasteiger charge is 2.51. The fraction of sp³-hybridized carbons (Fsp3) is 0.636. The van der Waals surface area contributed by atoms with Crippen molar-refractivity contribution in [1.29, 1.82) is 0 Å². The molecular formula is C11H14ClNS. The van der Waals surface area contributed by atoms with Crippen LogP contribution in [-0.4, -0.2) is 6.04 Å². The quantitative estimate of drug-likeness (QED) is 0.836.